The zero-order chi connectivity index (χ0) is 11.2. The molecule has 16 heavy (non-hydrogen) atoms. The second-order valence-electron chi connectivity index (χ2n) is 4.04. The van der Waals surface area contributed by atoms with Gasteiger partial charge in [-0.25, -0.2) is 15.8 Å². The van der Waals surface area contributed by atoms with E-state index >= 15 is 0 Å². The summed E-state index contributed by atoms with van der Waals surface area (Å²) < 4.78 is 0. The van der Waals surface area contributed by atoms with Gasteiger partial charge in [0, 0.05) is 12.4 Å². The summed E-state index contributed by atoms with van der Waals surface area (Å²) in [5.41, 5.74) is 3.48. The SMILES string of the molecule is NNC(=NC1CCCCC1)c1cncnc1. The van der Waals surface area contributed by atoms with E-state index in [0.717, 1.165) is 18.4 Å². The van der Waals surface area contributed by atoms with Gasteiger partial charge < -0.3 is 5.43 Å². The smallest absolute Gasteiger partial charge is 0.145 e. The minimum Gasteiger partial charge on any atom is -0.308 e. The third kappa shape index (κ3) is 2.76. The third-order valence-electron chi connectivity index (χ3n) is 2.86. The van der Waals surface area contributed by atoms with Crippen LogP contribution in [0.25, 0.3) is 0 Å². The molecule has 0 spiro atoms. The fraction of sp³-hybridized carbons (Fsp3) is 0.545. The maximum Gasteiger partial charge on any atom is 0.145 e. The van der Waals surface area contributed by atoms with E-state index < -0.39 is 0 Å². The maximum atomic E-state index is 5.49. The molecule has 1 aromatic heterocycles. The van der Waals surface area contributed by atoms with E-state index in [0.29, 0.717) is 11.9 Å². The number of aromatic nitrogens is 2. The lowest BCUT2D eigenvalue weighted by Crippen LogP contribution is -2.33. The molecule has 1 aliphatic carbocycles. The molecule has 5 nitrogen and oxygen atoms in total. The average molecular weight is 219 g/mol. The molecule has 86 valence electrons. The number of nitrogens with one attached hydrogen (secondary N) is 1. The van der Waals surface area contributed by atoms with Gasteiger partial charge in [0.15, 0.2) is 0 Å². The highest BCUT2D eigenvalue weighted by Gasteiger charge is 2.13. The number of hydrazine groups is 1. The molecule has 0 amide bonds. The minimum atomic E-state index is 0.389. The summed E-state index contributed by atoms with van der Waals surface area (Å²) in [5, 5.41) is 0. The largest absolute Gasteiger partial charge is 0.308 e. The van der Waals surface area contributed by atoms with Crippen molar-refractivity contribution in [3.8, 4) is 0 Å². The van der Waals surface area contributed by atoms with Gasteiger partial charge in [0.1, 0.15) is 12.2 Å². The summed E-state index contributed by atoms with van der Waals surface area (Å²) in [6.45, 7) is 0. The number of aliphatic imine (C=N–C) groups is 1. The number of nitrogens with two attached hydrogens (primary N) is 1. The van der Waals surface area contributed by atoms with Gasteiger partial charge in [-0.3, -0.25) is 4.99 Å². The van der Waals surface area contributed by atoms with Crippen LogP contribution in [0.5, 0.6) is 0 Å². The number of rotatable bonds is 2. The summed E-state index contributed by atoms with van der Waals surface area (Å²) >= 11 is 0. The van der Waals surface area contributed by atoms with Crippen molar-refractivity contribution in [3.05, 3.63) is 24.3 Å². The van der Waals surface area contributed by atoms with Crippen LogP contribution in [0.1, 0.15) is 37.7 Å². The first-order chi connectivity index (χ1) is 7.90. The van der Waals surface area contributed by atoms with Crippen molar-refractivity contribution in [3.63, 3.8) is 0 Å². The fourth-order valence-corrected chi connectivity index (χ4v) is 2.01. The van der Waals surface area contributed by atoms with Crippen LogP contribution in [0.3, 0.4) is 0 Å². The predicted molar refractivity (Wildman–Crippen MR) is 62.8 cm³/mol. The summed E-state index contributed by atoms with van der Waals surface area (Å²) in [5.74, 6) is 6.17. The minimum absolute atomic E-state index is 0.389. The lowest BCUT2D eigenvalue weighted by Gasteiger charge is -2.19. The molecule has 0 saturated heterocycles. The fourth-order valence-electron chi connectivity index (χ4n) is 2.01. The van der Waals surface area contributed by atoms with Crippen LogP contribution in [0.4, 0.5) is 0 Å². The highest BCUT2D eigenvalue weighted by Crippen LogP contribution is 2.20. The Kier molecular flexibility index (Phi) is 3.82. The normalized spacial score (nSPS) is 18.4. The van der Waals surface area contributed by atoms with Crippen LogP contribution in [-0.4, -0.2) is 21.8 Å². The zero-order valence-electron chi connectivity index (χ0n) is 9.26. The maximum absolute atomic E-state index is 5.49. The molecule has 0 atom stereocenters. The van der Waals surface area contributed by atoms with E-state index in [1.165, 1.54) is 25.6 Å². The van der Waals surface area contributed by atoms with E-state index in [2.05, 4.69) is 20.4 Å². The van der Waals surface area contributed by atoms with Crippen molar-refractivity contribution in [1.29, 1.82) is 0 Å². The monoisotopic (exact) mass is 219 g/mol. The standard InChI is InChI=1S/C11H17N5/c12-16-11(9-6-13-8-14-7-9)15-10-4-2-1-3-5-10/h6-8,10H,1-5,12H2,(H,15,16). The summed E-state index contributed by atoms with van der Waals surface area (Å²) in [4.78, 5) is 12.5. The van der Waals surface area contributed by atoms with Crippen LogP contribution in [-0.2, 0) is 0 Å². The van der Waals surface area contributed by atoms with E-state index in [-0.39, 0.29) is 0 Å². The molecule has 0 aromatic carbocycles. The third-order valence-corrected chi connectivity index (χ3v) is 2.86. The first-order valence-electron chi connectivity index (χ1n) is 5.70. The molecule has 0 radical (unpaired) electrons. The van der Waals surface area contributed by atoms with E-state index in [1.54, 1.807) is 12.4 Å². The Morgan fingerprint density at radius 3 is 2.56 bits per heavy atom. The Balaban J connectivity index is 2.12. The van der Waals surface area contributed by atoms with Crippen molar-refractivity contribution >= 4 is 5.84 Å². The number of hydrogen-bond acceptors (Lipinski definition) is 4. The number of hydrogen-bond donors (Lipinski definition) is 2. The first kappa shape index (κ1) is 11.0. The molecule has 0 unspecified atom stereocenters. The Hall–Kier alpha value is -1.49. The van der Waals surface area contributed by atoms with Crippen molar-refractivity contribution in [2.45, 2.75) is 38.1 Å². The Morgan fingerprint density at radius 1 is 1.25 bits per heavy atom. The summed E-state index contributed by atoms with van der Waals surface area (Å²) in [7, 11) is 0. The van der Waals surface area contributed by atoms with Crippen molar-refractivity contribution in [1.82, 2.24) is 15.4 Å². The van der Waals surface area contributed by atoms with Gasteiger partial charge in [0.2, 0.25) is 0 Å². The Morgan fingerprint density at radius 2 is 1.94 bits per heavy atom. The van der Waals surface area contributed by atoms with Crippen molar-refractivity contribution in [2.24, 2.45) is 10.8 Å². The summed E-state index contributed by atoms with van der Waals surface area (Å²) in [6.07, 6.45) is 11.1. The molecular formula is C11H17N5. The second kappa shape index (κ2) is 5.55. The van der Waals surface area contributed by atoms with Gasteiger partial charge in [0.25, 0.3) is 0 Å². The quantitative estimate of drug-likeness (QED) is 0.337. The van der Waals surface area contributed by atoms with Crippen LogP contribution in [0.15, 0.2) is 23.7 Å². The highest BCUT2D eigenvalue weighted by atomic mass is 15.3. The van der Waals surface area contributed by atoms with E-state index in [9.17, 15) is 0 Å². The molecule has 0 bridgehead atoms. The second-order valence-corrected chi connectivity index (χ2v) is 4.04. The molecule has 1 heterocycles. The van der Waals surface area contributed by atoms with Crippen molar-refractivity contribution < 1.29 is 0 Å². The van der Waals surface area contributed by atoms with Gasteiger partial charge in [-0.15, -0.1) is 0 Å². The van der Waals surface area contributed by atoms with Gasteiger partial charge >= 0.3 is 0 Å². The molecule has 0 aliphatic heterocycles. The Labute approximate surface area is 95.2 Å². The average Bonchev–Trinajstić information content (AvgIpc) is 2.38. The summed E-state index contributed by atoms with van der Waals surface area (Å²) in [6, 6.07) is 0.389. The number of amidine groups is 1. The molecule has 1 aromatic rings. The van der Waals surface area contributed by atoms with Crippen LogP contribution in [0.2, 0.25) is 0 Å². The molecule has 1 aliphatic rings. The van der Waals surface area contributed by atoms with Gasteiger partial charge in [-0.2, -0.15) is 0 Å². The lowest BCUT2D eigenvalue weighted by molar-refractivity contribution is 0.442. The molecule has 3 N–H and O–H groups in total. The van der Waals surface area contributed by atoms with Crippen LogP contribution >= 0.6 is 0 Å². The molecule has 1 fully saturated rings. The van der Waals surface area contributed by atoms with Gasteiger partial charge in [0.05, 0.1) is 11.6 Å². The predicted octanol–water partition coefficient (Wildman–Crippen LogP) is 1.02. The van der Waals surface area contributed by atoms with Crippen molar-refractivity contribution in [2.75, 3.05) is 0 Å². The van der Waals surface area contributed by atoms with Crippen LogP contribution < -0.4 is 11.3 Å². The Bertz CT molecular complexity index is 343. The van der Waals surface area contributed by atoms with E-state index in [1.807, 2.05) is 0 Å². The highest BCUT2D eigenvalue weighted by molar-refractivity contribution is 5.97. The molecular weight excluding hydrogens is 202 g/mol. The topological polar surface area (TPSA) is 76.2 Å². The molecule has 5 heteroatoms. The van der Waals surface area contributed by atoms with Gasteiger partial charge in [-0.05, 0) is 12.8 Å². The molecule has 1 saturated carbocycles. The zero-order valence-corrected chi connectivity index (χ0v) is 9.26. The van der Waals surface area contributed by atoms with Gasteiger partial charge in [-0.1, -0.05) is 19.3 Å². The lowest BCUT2D eigenvalue weighted by atomic mass is 9.96. The molecule has 2 rings (SSSR count). The van der Waals surface area contributed by atoms with Crippen LogP contribution in [0, 0.1) is 0 Å². The van der Waals surface area contributed by atoms with E-state index in [4.69, 9.17) is 5.84 Å². The first-order valence-corrected chi connectivity index (χ1v) is 5.70. The number of nitrogens with zero attached hydrogens (tertiary/aromatic N) is 3.